The van der Waals surface area contributed by atoms with Gasteiger partial charge in [-0.05, 0) is 49.1 Å². The zero-order valence-electron chi connectivity index (χ0n) is 13.1. The topological polar surface area (TPSA) is 32.7 Å². The van der Waals surface area contributed by atoms with Gasteiger partial charge in [-0.1, -0.05) is 25.1 Å². The van der Waals surface area contributed by atoms with Crippen LogP contribution in [0.15, 0.2) is 29.3 Å². The smallest absolute Gasteiger partial charge is 0.222 e. The molecule has 3 atom stereocenters. The minimum Gasteiger partial charge on any atom is -0.338 e. The number of fused-ring (bicyclic) bond motifs is 1. The van der Waals surface area contributed by atoms with E-state index in [1.165, 1.54) is 24.1 Å². The molecule has 3 aliphatic heterocycles. The van der Waals surface area contributed by atoms with E-state index in [4.69, 9.17) is 4.99 Å². The zero-order chi connectivity index (χ0) is 14.9. The number of hydrogen-bond acceptors (Lipinski definition) is 2. The number of carbonyl (C=O) groups is 1. The van der Waals surface area contributed by atoms with Crippen LogP contribution < -0.4 is 0 Å². The zero-order valence-corrected chi connectivity index (χ0v) is 13.1. The lowest BCUT2D eigenvalue weighted by atomic mass is 9.53. The molecule has 0 aromatic heterocycles. The molecule has 5 rings (SSSR count). The number of benzene rings is 1. The monoisotopic (exact) mass is 294 g/mol. The Hall–Kier alpha value is -1.64. The van der Waals surface area contributed by atoms with Crippen molar-refractivity contribution in [2.24, 2.45) is 10.4 Å². The highest BCUT2D eigenvalue weighted by atomic mass is 16.2. The maximum absolute atomic E-state index is 12.5. The Labute approximate surface area is 131 Å². The van der Waals surface area contributed by atoms with E-state index < -0.39 is 0 Å². The summed E-state index contributed by atoms with van der Waals surface area (Å²) in [6.07, 6.45) is 6.38. The van der Waals surface area contributed by atoms with Crippen molar-refractivity contribution in [3.05, 3.63) is 29.8 Å². The van der Waals surface area contributed by atoms with E-state index in [0.29, 0.717) is 17.4 Å². The van der Waals surface area contributed by atoms with E-state index in [0.717, 1.165) is 37.9 Å². The summed E-state index contributed by atoms with van der Waals surface area (Å²) in [5, 5.41) is 0. The van der Waals surface area contributed by atoms with Crippen LogP contribution in [0.1, 0.15) is 51.0 Å². The first-order valence-corrected chi connectivity index (χ1v) is 8.68. The SMILES string of the molecule is CC[C@]12CCC(=O)N3CC[C@]4(C(=Nc5ccccc54)CC1)[C@@H]32. The van der Waals surface area contributed by atoms with Crippen LogP contribution in [0.4, 0.5) is 5.69 Å². The predicted molar refractivity (Wildman–Crippen MR) is 86.5 cm³/mol. The van der Waals surface area contributed by atoms with Crippen molar-refractivity contribution in [1.29, 1.82) is 0 Å². The number of amides is 1. The quantitative estimate of drug-likeness (QED) is 0.779. The fourth-order valence-corrected chi connectivity index (χ4v) is 5.97. The van der Waals surface area contributed by atoms with Gasteiger partial charge >= 0.3 is 0 Å². The molecule has 114 valence electrons. The molecule has 1 aromatic carbocycles. The summed E-state index contributed by atoms with van der Waals surface area (Å²) in [6.45, 7) is 3.24. The molecule has 3 nitrogen and oxygen atoms in total. The molecule has 0 radical (unpaired) electrons. The third kappa shape index (κ3) is 1.26. The first kappa shape index (κ1) is 12.9. The van der Waals surface area contributed by atoms with Gasteiger partial charge in [-0.25, -0.2) is 0 Å². The molecule has 3 heteroatoms. The van der Waals surface area contributed by atoms with E-state index in [-0.39, 0.29) is 5.41 Å². The number of hydrogen-bond donors (Lipinski definition) is 0. The highest BCUT2D eigenvalue weighted by molar-refractivity contribution is 6.04. The molecule has 1 aliphatic carbocycles. The summed E-state index contributed by atoms with van der Waals surface area (Å²) in [7, 11) is 0. The van der Waals surface area contributed by atoms with Gasteiger partial charge in [0.1, 0.15) is 0 Å². The van der Waals surface area contributed by atoms with Crippen molar-refractivity contribution in [1.82, 2.24) is 4.90 Å². The van der Waals surface area contributed by atoms with Gasteiger partial charge in [0.15, 0.2) is 0 Å². The van der Waals surface area contributed by atoms with Crippen LogP contribution in [-0.2, 0) is 10.2 Å². The molecule has 0 bridgehead atoms. The maximum Gasteiger partial charge on any atom is 0.222 e. The summed E-state index contributed by atoms with van der Waals surface area (Å²) in [6, 6.07) is 8.99. The molecular weight excluding hydrogens is 272 g/mol. The van der Waals surface area contributed by atoms with E-state index >= 15 is 0 Å². The Morgan fingerprint density at radius 1 is 1.23 bits per heavy atom. The summed E-state index contributed by atoms with van der Waals surface area (Å²) in [4.78, 5) is 19.8. The standard InChI is InChI=1S/C19H22N2O/c1-2-18-9-7-15-19(13-5-3-4-6-14(13)20-15)11-12-21(17(18)19)16(22)8-10-18/h3-6,17H,2,7-12H2,1H3/t17-,18+,19-/m0/s1. The molecule has 1 aromatic rings. The van der Waals surface area contributed by atoms with Crippen LogP contribution in [0.2, 0.25) is 0 Å². The fraction of sp³-hybridized carbons (Fsp3) is 0.579. The summed E-state index contributed by atoms with van der Waals surface area (Å²) >= 11 is 0. The number of carbonyl (C=O) groups excluding carboxylic acids is 1. The van der Waals surface area contributed by atoms with Crippen molar-refractivity contribution >= 4 is 17.3 Å². The molecule has 0 N–H and O–H groups in total. The number of rotatable bonds is 1. The molecule has 1 saturated carbocycles. The van der Waals surface area contributed by atoms with Crippen LogP contribution in [0.25, 0.3) is 0 Å². The molecule has 1 spiro atoms. The number of aliphatic imine (C=N–C) groups is 1. The van der Waals surface area contributed by atoms with E-state index in [1.54, 1.807) is 0 Å². The molecule has 2 saturated heterocycles. The van der Waals surface area contributed by atoms with E-state index in [9.17, 15) is 4.79 Å². The second-order valence-corrected chi connectivity index (χ2v) is 7.50. The molecule has 3 fully saturated rings. The molecular formula is C19H22N2O. The van der Waals surface area contributed by atoms with Crippen molar-refractivity contribution in [3.8, 4) is 0 Å². The van der Waals surface area contributed by atoms with Crippen molar-refractivity contribution in [2.45, 2.75) is 56.9 Å². The van der Waals surface area contributed by atoms with Gasteiger partial charge in [-0.2, -0.15) is 0 Å². The normalized spacial score (nSPS) is 38.4. The number of piperidine rings is 1. The highest BCUT2D eigenvalue weighted by Gasteiger charge is 2.66. The van der Waals surface area contributed by atoms with Crippen LogP contribution in [0.3, 0.4) is 0 Å². The third-order valence-corrected chi connectivity index (χ3v) is 6.98. The van der Waals surface area contributed by atoms with Crippen LogP contribution >= 0.6 is 0 Å². The second kappa shape index (κ2) is 4.01. The van der Waals surface area contributed by atoms with E-state index in [1.807, 2.05) is 0 Å². The highest BCUT2D eigenvalue weighted by Crippen LogP contribution is 2.62. The maximum atomic E-state index is 12.5. The Morgan fingerprint density at radius 3 is 2.91 bits per heavy atom. The van der Waals surface area contributed by atoms with Crippen molar-refractivity contribution in [3.63, 3.8) is 0 Å². The minimum atomic E-state index is 0.0287. The van der Waals surface area contributed by atoms with Crippen molar-refractivity contribution < 1.29 is 4.79 Å². The van der Waals surface area contributed by atoms with Gasteiger partial charge < -0.3 is 4.90 Å². The predicted octanol–water partition coefficient (Wildman–Crippen LogP) is 3.60. The van der Waals surface area contributed by atoms with Gasteiger partial charge in [0.2, 0.25) is 5.91 Å². The molecule has 3 heterocycles. The number of nitrogens with zero attached hydrogens (tertiary/aromatic N) is 2. The van der Waals surface area contributed by atoms with Gasteiger partial charge in [-0.3, -0.25) is 9.79 Å². The summed E-state index contributed by atoms with van der Waals surface area (Å²) in [5.74, 6) is 0.372. The lowest BCUT2D eigenvalue weighted by Gasteiger charge is -2.55. The summed E-state index contributed by atoms with van der Waals surface area (Å²) < 4.78 is 0. The largest absolute Gasteiger partial charge is 0.338 e. The molecule has 1 amide bonds. The molecule has 22 heavy (non-hydrogen) atoms. The van der Waals surface area contributed by atoms with Gasteiger partial charge in [0.05, 0.1) is 17.1 Å². The van der Waals surface area contributed by atoms with Gasteiger partial charge in [0, 0.05) is 18.7 Å². The minimum absolute atomic E-state index is 0.0287. The van der Waals surface area contributed by atoms with Gasteiger partial charge in [-0.15, -0.1) is 0 Å². The van der Waals surface area contributed by atoms with Crippen LogP contribution in [-0.4, -0.2) is 29.1 Å². The van der Waals surface area contributed by atoms with Crippen LogP contribution in [0, 0.1) is 5.41 Å². The number of para-hydroxylation sites is 1. The summed E-state index contributed by atoms with van der Waals surface area (Å²) in [5.41, 5.74) is 4.25. The lowest BCUT2D eigenvalue weighted by Crippen LogP contribution is -2.62. The first-order chi connectivity index (χ1) is 10.7. The lowest BCUT2D eigenvalue weighted by molar-refractivity contribution is -0.142. The first-order valence-electron chi connectivity index (χ1n) is 8.68. The average molecular weight is 294 g/mol. The van der Waals surface area contributed by atoms with Crippen molar-refractivity contribution in [2.75, 3.05) is 6.54 Å². The van der Waals surface area contributed by atoms with E-state index in [2.05, 4.69) is 36.1 Å². The Morgan fingerprint density at radius 2 is 2.05 bits per heavy atom. The Bertz CT molecular complexity index is 709. The fourth-order valence-electron chi connectivity index (χ4n) is 5.97. The molecule has 4 aliphatic rings. The van der Waals surface area contributed by atoms with Crippen LogP contribution in [0.5, 0.6) is 0 Å². The Kier molecular flexibility index (Phi) is 2.34. The second-order valence-electron chi connectivity index (χ2n) is 7.50. The van der Waals surface area contributed by atoms with Gasteiger partial charge in [0.25, 0.3) is 0 Å². The molecule has 0 unspecified atom stereocenters. The average Bonchev–Trinajstić information content (AvgIpc) is 3.11. The Balaban J connectivity index is 1.77. The third-order valence-electron chi connectivity index (χ3n) is 6.98.